The van der Waals surface area contributed by atoms with Crippen LogP contribution >= 0.6 is 0 Å². The average Bonchev–Trinajstić information content (AvgIpc) is 3.42. The number of unbranched alkanes of at least 4 members (excludes halogenated alkanes) is 31. The van der Waals surface area contributed by atoms with E-state index < -0.39 is 6.10 Å². The Labute approximate surface area is 470 Å². The standard InChI is InChI=1S/C70H120O6/c1-4-7-10-13-16-19-22-24-26-27-28-29-30-31-32-33-34-35-36-37-38-39-40-41-42-43-45-46-48-51-54-57-60-63-69(72)75-66-67(65-74-68(71)62-59-56-53-50-21-18-15-12-9-6-3)76-70(73)64-61-58-55-52-49-47-44-25-23-20-17-14-11-8-5-2/h7,10,12,15-17,19-20,24-26,28-29,31-32,44,67H,4-6,8-9,11,13-14,18,21-23,27,30,33-43,45-66H2,1-3H3/b10-7-,15-12-,19-16-,20-17-,26-24-,29-28-,32-31-,44-25-. The lowest BCUT2D eigenvalue weighted by Crippen LogP contribution is -2.30. The normalized spacial score (nSPS) is 12.7. The summed E-state index contributed by atoms with van der Waals surface area (Å²) in [6.45, 7) is 6.44. The summed E-state index contributed by atoms with van der Waals surface area (Å²) >= 11 is 0. The van der Waals surface area contributed by atoms with E-state index in [2.05, 4.69) is 118 Å². The fourth-order valence-electron chi connectivity index (χ4n) is 8.97. The maximum Gasteiger partial charge on any atom is 0.306 e. The molecule has 0 aliphatic rings. The molecule has 436 valence electrons. The van der Waals surface area contributed by atoms with Crippen molar-refractivity contribution in [3.63, 3.8) is 0 Å². The molecular weight excluding hydrogens is 937 g/mol. The molecule has 76 heavy (non-hydrogen) atoms. The van der Waals surface area contributed by atoms with Crippen molar-refractivity contribution < 1.29 is 28.6 Å². The molecule has 6 nitrogen and oxygen atoms in total. The number of allylic oxidation sites excluding steroid dienone is 16. The molecule has 0 aromatic carbocycles. The fourth-order valence-corrected chi connectivity index (χ4v) is 8.97. The number of hydrogen-bond donors (Lipinski definition) is 0. The van der Waals surface area contributed by atoms with E-state index in [1.165, 1.54) is 141 Å². The highest BCUT2D eigenvalue weighted by atomic mass is 16.6. The zero-order valence-electron chi connectivity index (χ0n) is 50.0. The molecule has 0 bridgehead atoms. The van der Waals surface area contributed by atoms with Gasteiger partial charge in [-0.25, -0.2) is 0 Å². The fraction of sp³-hybridized carbons (Fsp3) is 0.729. The first kappa shape index (κ1) is 72.3. The van der Waals surface area contributed by atoms with Gasteiger partial charge >= 0.3 is 17.9 Å². The number of ether oxygens (including phenoxy) is 3. The van der Waals surface area contributed by atoms with Crippen molar-refractivity contribution >= 4 is 17.9 Å². The van der Waals surface area contributed by atoms with Crippen LogP contribution in [0.4, 0.5) is 0 Å². The van der Waals surface area contributed by atoms with E-state index in [1.54, 1.807) is 0 Å². The van der Waals surface area contributed by atoms with E-state index in [9.17, 15) is 14.4 Å². The van der Waals surface area contributed by atoms with Crippen molar-refractivity contribution in [3.8, 4) is 0 Å². The molecule has 0 saturated heterocycles. The molecule has 0 fully saturated rings. The van der Waals surface area contributed by atoms with Gasteiger partial charge in [-0.1, -0.05) is 272 Å². The van der Waals surface area contributed by atoms with Crippen LogP contribution in [-0.4, -0.2) is 37.2 Å². The molecule has 0 radical (unpaired) electrons. The Morgan fingerprint density at radius 3 is 0.868 bits per heavy atom. The monoisotopic (exact) mass is 1060 g/mol. The van der Waals surface area contributed by atoms with Crippen molar-refractivity contribution in [2.45, 2.75) is 316 Å². The second-order valence-corrected chi connectivity index (χ2v) is 21.3. The Morgan fingerprint density at radius 2 is 0.539 bits per heavy atom. The summed E-state index contributed by atoms with van der Waals surface area (Å²) in [4.78, 5) is 38.1. The molecule has 0 spiro atoms. The van der Waals surface area contributed by atoms with Gasteiger partial charge in [0.1, 0.15) is 13.2 Å². The van der Waals surface area contributed by atoms with Crippen LogP contribution in [0.2, 0.25) is 0 Å². The Balaban J connectivity index is 4.10. The molecule has 0 rings (SSSR count). The maximum absolute atomic E-state index is 12.8. The molecule has 0 aliphatic heterocycles. The molecule has 0 aromatic rings. The first-order chi connectivity index (χ1) is 37.5. The molecule has 0 aliphatic carbocycles. The SMILES string of the molecule is CC/C=C\C/C=C\C/C=C\C/C=C\C/C=C\CCCCCCCCCCCCCCCCCCCC(=O)OCC(COC(=O)CCCCCCC/C=C\CCC)OC(=O)CCCCCCC/C=C\C/C=C\CCCCC. The highest BCUT2D eigenvalue weighted by molar-refractivity contribution is 5.71. The smallest absolute Gasteiger partial charge is 0.306 e. The number of hydrogen-bond acceptors (Lipinski definition) is 6. The van der Waals surface area contributed by atoms with Crippen LogP contribution in [0.5, 0.6) is 0 Å². The zero-order chi connectivity index (χ0) is 55.0. The predicted molar refractivity (Wildman–Crippen MR) is 330 cm³/mol. The van der Waals surface area contributed by atoms with Crippen LogP contribution in [-0.2, 0) is 28.6 Å². The Morgan fingerprint density at radius 1 is 0.276 bits per heavy atom. The van der Waals surface area contributed by atoms with Gasteiger partial charge in [0.25, 0.3) is 0 Å². The quantitative estimate of drug-likeness (QED) is 0.0261. The van der Waals surface area contributed by atoms with E-state index in [4.69, 9.17) is 14.2 Å². The molecule has 0 heterocycles. The second kappa shape index (κ2) is 63.9. The van der Waals surface area contributed by atoms with Crippen LogP contribution in [0, 0.1) is 0 Å². The van der Waals surface area contributed by atoms with Gasteiger partial charge in [0, 0.05) is 19.3 Å². The van der Waals surface area contributed by atoms with Gasteiger partial charge in [0.05, 0.1) is 0 Å². The number of carbonyl (C=O) groups excluding carboxylic acids is 3. The summed E-state index contributed by atoms with van der Waals surface area (Å²) in [6.07, 6.45) is 85.8. The minimum absolute atomic E-state index is 0.0831. The predicted octanol–water partition coefficient (Wildman–Crippen LogP) is 22.0. The lowest BCUT2D eigenvalue weighted by Gasteiger charge is -2.18. The molecular formula is C70H120O6. The summed E-state index contributed by atoms with van der Waals surface area (Å²) in [7, 11) is 0. The summed E-state index contributed by atoms with van der Waals surface area (Å²) in [5.41, 5.74) is 0. The molecule has 0 N–H and O–H groups in total. The van der Waals surface area contributed by atoms with E-state index in [-0.39, 0.29) is 31.1 Å². The zero-order valence-corrected chi connectivity index (χ0v) is 50.0. The van der Waals surface area contributed by atoms with E-state index in [0.29, 0.717) is 19.3 Å². The van der Waals surface area contributed by atoms with Crippen molar-refractivity contribution in [2.75, 3.05) is 13.2 Å². The van der Waals surface area contributed by atoms with E-state index >= 15 is 0 Å². The van der Waals surface area contributed by atoms with Crippen molar-refractivity contribution in [1.29, 1.82) is 0 Å². The van der Waals surface area contributed by atoms with Crippen LogP contribution < -0.4 is 0 Å². The topological polar surface area (TPSA) is 78.9 Å². The van der Waals surface area contributed by atoms with Gasteiger partial charge in [0.15, 0.2) is 6.10 Å². The maximum atomic E-state index is 12.8. The second-order valence-electron chi connectivity index (χ2n) is 21.3. The van der Waals surface area contributed by atoms with Gasteiger partial charge in [-0.2, -0.15) is 0 Å². The lowest BCUT2D eigenvalue weighted by molar-refractivity contribution is -0.167. The minimum Gasteiger partial charge on any atom is -0.462 e. The third-order valence-electron chi connectivity index (χ3n) is 13.8. The first-order valence-corrected chi connectivity index (χ1v) is 32.2. The first-order valence-electron chi connectivity index (χ1n) is 32.2. The highest BCUT2D eigenvalue weighted by Crippen LogP contribution is 2.16. The van der Waals surface area contributed by atoms with Gasteiger partial charge in [-0.05, 0) is 116 Å². The van der Waals surface area contributed by atoms with Gasteiger partial charge in [0.2, 0.25) is 0 Å². The third kappa shape index (κ3) is 61.2. The van der Waals surface area contributed by atoms with Gasteiger partial charge in [-0.15, -0.1) is 0 Å². The molecule has 1 atom stereocenters. The summed E-state index contributed by atoms with van der Waals surface area (Å²) in [5, 5.41) is 0. The third-order valence-corrected chi connectivity index (χ3v) is 13.8. The van der Waals surface area contributed by atoms with E-state index in [0.717, 1.165) is 128 Å². The molecule has 0 amide bonds. The van der Waals surface area contributed by atoms with Crippen molar-refractivity contribution in [3.05, 3.63) is 97.2 Å². The Bertz CT molecular complexity index is 1490. The van der Waals surface area contributed by atoms with Crippen molar-refractivity contribution in [2.24, 2.45) is 0 Å². The summed E-state index contributed by atoms with van der Waals surface area (Å²) in [5.74, 6) is -0.900. The van der Waals surface area contributed by atoms with Crippen LogP contribution in [0.3, 0.4) is 0 Å². The minimum atomic E-state index is -0.786. The number of rotatable bonds is 58. The summed E-state index contributed by atoms with van der Waals surface area (Å²) in [6, 6.07) is 0. The van der Waals surface area contributed by atoms with Crippen LogP contribution in [0.25, 0.3) is 0 Å². The Hall–Kier alpha value is -3.67. The van der Waals surface area contributed by atoms with Crippen molar-refractivity contribution in [1.82, 2.24) is 0 Å². The van der Waals surface area contributed by atoms with Gasteiger partial charge in [-0.3, -0.25) is 14.4 Å². The highest BCUT2D eigenvalue weighted by Gasteiger charge is 2.19. The van der Waals surface area contributed by atoms with E-state index in [1.807, 2.05) is 0 Å². The molecule has 6 heteroatoms. The summed E-state index contributed by atoms with van der Waals surface area (Å²) < 4.78 is 16.9. The van der Waals surface area contributed by atoms with Gasteiger partial charge < -0.3 is 14.2 Å². The molecule has 0 saturated carbocycles. The number of esters is 3. The largest absolute Gasteiger partial charge is 0.462 e. The lowest BCUT2D eigenvalue weighted by atomic mass is 10.0. The Kier molecular flexibility index (Phi) is 60.8. The average molecular weight is 1060 g/mol. The molecule has 1 unspecified atom stereocenters. The van der Waals surface area contributed by atoms with Crippen LogP contribution in [0.15, 0.2) is 97.2 Å². The number of carbonyl (C=O) groups is 3. The molecule has 0 aromatic heterocycles. The van der Waals surface area contributed by atoms with Crippen LogP contribution in [0.1, 0.15) is 310 Å².